The van der Waals surface area contributed by atoms with Gasteiger partial charge in [-0.2, -0.15) is 0 Å². The second kappa shape index (κ2) is 4.46. The zero-order chi connectivity index (χ0) is 10.8. The average Bonchev–Trinajstić information content (AvgIpc) is 2.52. The van der Waals surface area contributed by atoms with Gasteiger partial charge in [-0.25, -0.2) is 0 Å². The van der Waals surface area contributed by atoms with E-state index >= 15 is 0 Å². The molecule has 0 saturated carbocycles. The Labute approximate surface area is 96.5 Å². The van der Waals surface area contributed by atoms with Crippen molar-refractivity contribution in [2.45, 2.75) is 36.2 Å². The van der Waals surface area contributed by atoms with Gasteiger partial charge in [0.25, 0.3) is 0 Å². The SMILES string of the molecule is CCOC(=O)C(C)(I)C1CCC(=O)O1. The maximum absolute atomic E-state index is 11.5. The molecule has 0 aromatic carbocycles. The highest BCUT2D eigenvalue weighted by Crippen LogP contribution is 2.33. The fraction of sp³-hybridized carbons (Fsp3) is 0.778. The predicted molar refractivity (Wildman–Crippen MR) is 58.2 cm³/mol. The zero-order valence-corrected chi connectivity index (χ0v) is 10.4. The van der Waals surface area contributed by atoms with Crippen molar-refractivity contribution in [2.24, 2.45) is 0 Å². The van der Waals surface area contributed by atoms with Crippen molar-refractivity contribution >= 4 is 34.5 Å². The lowest BCUT2D eigenvalue weighted by Gasteiger charge is -2.25. The lowest BCUT2D eigenvalue weighted by atomic mass is 10.0. The Morgan fingerprint density at radius 1 is 1.79 bits per heavy atom. The topological polar surface area (TPSA) is 52.6 Å². The summed E-state index contributed by atoms with van der Waals surface area (Å²) in [4.78, 5) is 22.4. The highest BCUT2D eigenvalue weighted by Gasteiger charge is 2.45. The van der Waals surface area contributed by atoms with E-state index in [0.29, 0.717) is 19.4 Å². The van der Waals surface area contributed by atoms with Gasteiger partial charge in [-0.3, -0.25) is 9.59 Å². The molecule has 0 N–H and O–H groups in total. The lowest BCUT2D eigenvalue weighted by molar-refractivity contribution is -0.151. The van der Waals surface area contributed by atoms with Crippen LogP contribution >= 0.6 is 22.6 Å². The first-order chi connectivity index (χ1) is 6.48. The van der Waals surface area contributed by atoms with E-state index in [1.807, 2.05) is 22.6 Å². The Kier molecular flexibility index (Phi) is 3.74. The van der Waals surface area contributed by atoms with E-state index in [0.717, 1.165) is 0 Å². The van der Waals surface area contributed by atoms with E-state index < -0.39 is 3.42 Å². The largest absolute Gasteiger partial charge is 0.465 e. The number of carbonyl (C=O) groups excluding carboxylic acids is 2. The highest BCUT2D eigenvalue weighted by atomic mass is 127. The van der Waals surface area contributed by atoms with E-state index in [4.69, 9.17) is 9.47 Å². The number of carbonyl (C=O) groups is 2. The predicted octanol–water partition coefficient (Wildman–Crippen LogP) is 1.45. The molecular formula is C9H13IO4. The van der Waals surface area contributed by atoms with Crippen molar-refractivity contribution in [1.29, 1.82) is 0 Å². The third-order valence-corrected chi connectivity index (χ3v) is 3.30. The first-order valence-corrected chi connectivity index (χ1v) is 5.62. The first-order valence-electron chi connectivity index (χ1n) is 4.54. The summed E-state index contributed by atoms with van der Waals surface area (Å²) < 4.78 is 9.20. The molecule has 5 heteroatoms. The summed E-state index contributed by atoms with van der Waals surface area (Å²) in [5.41, 5.74) is 0. The third-order valence-electron chi connectivity index (χ3n) is 2.16. The molecule has 0 spiro atoms. The van der Waals surface area contributed by atoms with Gasteiger partial charge in [0.1, 0.15) is 6.10 Å². The molecule has 14 heavy (non-hydrogen) atoms. The number of hydrogen-bond donors (Lipinski definition) is 0. The van der Waals surface area contributed by atoms with Crippen LogP contribution in [0.25, 0.3) is 0 Å². The number of halogens is 1. The van der Waals surface area contributed by atoms with Crippen LogP contribution in [-0.4, -0.2) is 28.1 Å². The average molecular weight is 312 g/mol. The van der Waals surface area contributed by atoms with Gasteiger partial charge < -0.3 is 9.47 Å². The Morgan fingerprint density at radius 3 is 2.86 bits per heavy atom. The summed E-state index contributed by atoms with van der Waals surface area (Å²) >= 11 is 1.99. The Bertz CT molecular complexity index is 249. The summed E-state index contributed by atoms with van der Waals surface area (Å²) in [5, 5.41) is 0. The summed E-state index contributed by atoms with van der Waals surface area (Å²) in [7, 11) is 0. The van der Waals surface area contributed by atoms with Crippen molar-refractivity contribution in [3.63, 3.8) is 0 Å². The molecule has 2 atom stereocenters. The molecule has 0 bridgehead atoms. The van der Waals surface area contributed by atoms with Gasteiger partial charge in [0.05, 0.1) is 6.61 Å². The smallest absolute Gasteiger partial charge is 0.325 e. The fourth-order valence-electron chi connectivity index (χ4n) is 1.31. The van der Waals surface area contributed by atoms with Gasteiger partial charge in [0, 0.05) is 6.42 Å². The summed E-state index contributed by atoms with van der Waals surface area (Å²) in [5.74, 6) is -0.553. The number of hydrogen-bond acceptors (Lipinski definition) is 4. The van der Waals surface area contributed by atoms with E-state index in [1.54, 1.807) is 13.8 Å². The number of rotatable bonds is 3. The minimum atomic E-state index is -0.764. The van der Waals surface area contributed by atoms with E-state index in [2.05, 4.69) is 0 Å². The molecule has 80 valence electrons. The highest BCUT2D eigenvalue weighted by molar-refractivity contribution is 14.1. The summed E-state index contributed by atoms with van der Waals surface area (Å²) in [6.45, 7) is 3.83. The monoisotopic (exact) mass is 312 g/mol. The third kappa shape index (κ3) is 2.37. The molecule has 4 nitrogen and oxygen atoms in total. The normalized spacial score (nSPS) is 25.4. The van der Waals surface area contributed by atoms with E-state index in [1.165, 1.54) is 0 Å². The lowest BCUT2D eigenvalue weighted by Crippen LogP contribution is -2.42. The van der Waals surface area contributed by atoms with Crippen LogP contribution in [0.4, 0.5) is 0 Å². The quantitative estimate of drug-likeness (QED) is 0.450. The Balaban J connectivity index is 2.64. The fourth-order valence-corrected chi connectivity index (χ4v) is 1.91. The Morgan fingerprint density at radius 2 is 2.43 bits per heavy atom. The molecule has 1 heterocycles. The maximum atomic E-state index is 11.5. The molecule has 0 aromatic rings. The van der Waals surface area contributed by atoms with Crippen LogP contribution < -0.4 is 0 Å². The Hall–Kier alpha value is -0.330. The zero-order valence-electron chi connectivity index (χ0n) is 8.21. The van der Waals surface area contributed by atoms with Crippen molar-refractivity contribution < 1.29 is 19.1 Å². The summed E-state index contributed by atoms with van der Waals surface area (Å²) in [6, 6.07) is 0. The van der Waals surface area contributed by atoms with Crippen LogP contribution in [0.3, 0.4) is 0 Å². The minimum Gasteiger partial charge on any atom is -0.465 e. The number of esters is 2. The molecule has 0 aromatic heterocycles. The molecule has 1 aliphatic heterocycles. The van der Waals surface area contributed by atoms with Crippen LogP contribution in [0.1, 0.15) is 26.7 Å². The van der Waals surface area contributed by atoms with E-state index in [-0.39, 0.29) is 18.0 Å². The number of ether oxygens (including phenoxy) is 2. The number of cyclic esters (lactones) is 1. The van der Waals surface area contributed by atoms with Gasteiger partial charge in [-0.1, -0.05) is 22.6 Å². The minimum absolute atomic E-state index is 0.234. The van der Waals surface area contributed by atoms with Crippen molar-refractivity contribution in [3.05, 3.63) is 0 Å². The van der Waals surface area contributed by atoms with Crippen molar-refractivity contribution in [2.75, 3.05) is 6.61 Å². The molecular weight excluding hydrogens is 299 g/mol. The van der Waals surface area contributed by atoms with Crippen LogP contribution in [0.2, 0.25) is 0 Å². The molecule has 1 aliphatic rings. The van der Waals surface area contributed by atoms with Crippen LogP contribution in [-0.2, 0) is 19.1 Å². The van der Waals surface area contributed by atoms with Gasteiger partial charge in [-0.15, -0.1) is 0 Å². The van der Waals surface area contributed by atoms with Gasteiger partial charge in [0.2, 0.25) is 0 Å². The second-order valence-electron chi connectivity index (χ2n) is 3.31. The first kappa shape index (κ1) is 11.7. The molecule has 0 amide bonds. The van der Waals surface area contributed by atoms with E-state index in [9.17, 15) is 9.59 Å². The number of alkyl halides is 1. The van der Waals surface area contributed by atoms with Crippen LogP contribution in [0.5, 0.6) is 0 Å². The van der Waals surface area contributed by atoms with Gasteiger partial charge in [-0.05, 0) is 20.3 Å². The molecule has 0 aliphatic carbocycles. The summed E-state index contributed by atoms with van der Waals surface area (Å²) in [6.07, 6.45) is 0.634. The van der Waals surface area contributed by atoms with Crippen LogP contribution in [0, 0.1) is 0 Å². The molecule has 2 unspecified atom stereocenters. The molecule has 1 rings (SSSR count). The second-order valence-corrected chi connectivity index (χ2v) is 5.55. The maximum Gasteiger partial charge on any atom is 0.325 e. The van der Waals surface area contributed by atoms with Crippen molar-refractivity contribution in [3.8, 4) is 0 Å². The van der Waals surface area contributed by atoms with Gasteiger partial charge in [0.15, 0.2) is 3.42 Å². The molecule has 1 saturated heterocycles. The standard InChI is InChI=1S/C9H13IO4/c1-3-13-8(12)9(2,10)6-4-5-7(11)14-6/h6H,3-5H2,1-2H3. The molecule has 1 fully saturated rings. The van der Waals surface area contributed by atoms with Crippen LogP contribution in [0.15, 0.2) is 0 Å². The molecule has 0 radical (unpaired) electrons. The van der Waals surface area contributed by atoms with Crippen molar-refractivity contribution in [1.82, 2.24) is 0 Å². The van der Waals surface area contributed by atoms with Gasteiger partial charge >= 0.3 is 11.9 Å².